The summed E-state index contributed by atoms with van der Waals surface area (Å²) in [5.41, 5.74) is -0.202. The first-order valence-corrected chi connectivity index (χ1v) is 8.87. The van der Waals surface area contributed by atoms with Gasteiger partial charge in [0.1, 0.15) is 11.6 Å². The van der Waals surface area contributed by atoms with Crippen LogP contribution in [0.3, 0.4) is 0 Å². The van der Waals surface area contributed by atoms with E-state index in [1.54, 1.807) is 20.8 Å². The molecule has 0 aromatic rings. The number of aliphatic hydroxyl groups is 2. The minimum Gasteiger partial charge on any atom is -1.00 e. The number of halogens is 1. The van der Waals surface area contributed by atoms with Crippen LogP contribution in [0.1, 0.15) is 60.7 Å². The van der Waals surface area contributed by atoms with Gasteiger partial charge in [-0.1, -0.05) is 0 Å². The summed E-state index contributed by atoms with van der Waals surface area (Å²) in [6.45, 7) is 5.48. The molecule has 8 heteroatoms. The molecule has 0 aliphatic heterocycles. The molecule has 0 unspecified atom stereocenters. The molecule has 141 valence electrons. The number of hydrogen-bond donors (Lipinski definition) is 2. The topological polar surface area (TPSA) is 91.7 Å². The van der Waals surface area contributed by atoms with Gasteiger partial charge in [0.25, 0.3) is 0 Å². The summed E-state index contributed by atoms with van der Waals surface area (Å²) in [7, 11) is 0. The zero-order valence-corrected chi connectivity index (χ0v) is 19.0. The first-order chi connectivity index (χ1) is 11.0. The molecule has 3 radical (unpaired) electrons. The van der Waals surface area contributed by atoms with Gasteiger partial charge in [0, 0.05) is 37.9 Å². The van der Waals surface area contributed by atoms with Crippen LogP contribution in [0, 0.1) is 21.7 Å². The number of carbonyl (C=O) groups excluding carboxylic acids is 3. The van der Waals surface area contributed by atoms with E-state index in [2.05, 4.69) is 0 Å². The van der Waals surface area contributed by atoms with Gasteiger partial charge in [-0.2, -0.15) is 0 Å². The first kappa shape index (κ1) is 26.3. The van der Waals surface area contributed by atoms with Crippen molar-refractivity contribution in [1.29, 1.82) is 0 Å². The number of ketones is 2. The second kappa shape index (κ2) is 8.75. The molecule has 6 saturated carbocycles. The first-order valence-electron chi connectivity index (χ1n) is 8.49. The molecular weight excluding hydrogens is 365 g/mol. The quantitative estimate of drug-likeness (QED) is 0.471. The molecule has 0 atom stereocenters. The molecule has 6 aliphatic carbocycles. The van der Waals surface area contributed by atoms with E-state index >= 15 is 0 Å². The minimum absolute atomic E-state index is 0. The normalized spacial score (nSPS) is 39.0. The third-order valence-corrected chi connectivity index (χ3v) is 6.82. The Morgan fingerprint density at radius 3 is 1.42 bits per heavy atom. The number of rotatable bonds is 4. The molecule has 6 fully saturated rings. The van der Waals surface area contributed by atoms with Crippen molar-refractivity contribution in [3.05, 3.63) is 0 Å². The van der Waals surface area contributed by atoms with Crippen molar-refractivity contribution in [1.82, 2.24) is 0 Å². The number of aliphatic hydroxyl groups excluding tert-OH is 2. The second-order valence-electron chi connectivity index (χ2n) is 8.26. The van der Waals surface area contributed by atoms with E-state index in [0.717, 1.165) is 19.3 Å². The Labute approximate surface area is 186 Å². The Morgan fingerprint density at radius 1 is 0.885 bits per heavy atom. The molecule has 0 aromatic heterocycles. The van der Waals surface area contributed by atoms with E-state index in [9.17, 15) is 14.4 Å². The zero-order valence-electron chi connectivity index (χ0n) is 17.2. The summed E-state index contributed by atoms with van der Waals surface area (Å²) in [6.07, 6.45) is 4.97. The van der Waals surface area contributed by atoms with Crippen LogP contribution in [-0.4, -0.2) is 48.6 Å². The summed E-state index contributed by atoms with van der Waals surface area (Å²) >= 11 is 5.38. The van der Waals surface area contributed by atoms with E-state index in [1.807, 2.05) is 0 Å². The molecule has 6 aliphatic rings. The van der Waals surface area contributed by atoms with E-state index in [1.165, 1.54) is 0 Å². The molecule has 5 nitrogen and oxygen atoms in total. The van der Waals surface area contributed by atoms with Gasteiger partial charge >= 0.3 is 29.6 Å². The van der Waals surface area contributed by atoms with Crippen LogP contribution in [0.25, 0.3) is 0 Å². The summed E-state index contributed by atoms with van der Waals surface area (Å²) in [5, 5.41) is 16.2. The Hall–Kier alpha value is 0.285. The van der Waals surface area contributed by atoms with Crippen LogP contribution in [0.4, 0.5) is 0 Å². The summed E-state index contributed by atoms with van der Waals surface area (Å²) in [6, 6.07) is 0. The maximum Gasteiger partial charge on any atom is 1.00 e. The van der Waals surface area contributed by atoms with Crippen LogP contribution in [0.15, 0.2) is 0 Å². The Bertz CT molecular complexity index is 523. The molecule has 0 heterocycles. The summed E-state index contributed by atoms with van der Waals surface area (Å²) in [4.78, 5) is 32.8. The fourth-order valence-electron chi connectivity index (χ4n) is 4.91. The predicted octanol–water partition coefficient (Wildman–Crippen LogP) is -1.02. The van der Waals surface area contributed by atoms with E-state index in [-0.39, 0.29) is 85.3 Å². The minimum atomic E-state index is -0.284. The summed E-state index contributed by atoms with van der Waals surface area (Å²) < 4.78 is 0. The smallest absolute Gasteiger partial charge is 1.00 e. The van der Waals surface area contributed by atoms with E-state index in [0.29, 0.717) is 25.0 Å². The van der Waals surface area contributed by atoms with Gasteiger partial charge in [-0.25, -0.2) is 0 Å². The van der Waals surface area contributed by atoms with Crippen LogP contribution in [0.5, 0.6) is 0 Å². The van der Waals surface area contributed by atoms with Crippen LogP contribution < -0.4 is 29.6 Å². The van der Waals surface area contributed by atoms with Gasteiger partial charge in [0.15, 0.2) is 0 Å². The maximum absolute atomic E-state index is 11.0. The van der Waals surface area contributed by atoms with Gasteiger partial charge in [-0.05, 0) is 76.3 Å². The van der Waals surface area contributed by atoms with Crippen LogP contribution in [0.2, 0.25) is 0 Å². The van der Waals surface area contributed by atoms with Gasteiger partial charge in [0.2, 0.25) is 5.24 Å². The van der Waals surface area contributed by atoms with Crippen molar-refractivity contribution < 1.29 is 55.6 Å². The third kappa shape index (κ3) is 4.01. The largest absolute Gasteiger partial charge is 1.00 e. The van der Waals surface area contributed by atoms with Crippen molar-refractivity contribution in [2.45, 2.75) is 59.3 Å². The third-order valence-electron chi connectivity index (χ3n) is 6.42. The van der Waals surface area contributed by atoms with Gasteiger partial charge in [-0.15, -0.1) is 0 Å². The summed E-state index contributed by atoms with van der Waals surface area (Å²) in [5.74, 6) is 0.542. The number of Topliss-reactive ketones (excluding diaryl/α,β-unsaturated/α-hetero) is 2. The molecule has 0 amide bonds. The maximum atomic E-state index is 11.0. The molecular formula is C18H28BClNaO5. The van der Waals surface area contributed by atoms with Crippen LogP contribution >= 0.6 is 11.6 Å². The van der Waals surface area contributed by atoms with E-state index in [4.69, 9.17) is 21.8 Å². The molecule has 26 heavy (non-hydrogen) atoms. The zero-order chi connectivity index (χ0) is 18.4. The fraction of sp³-hybridized carbons (Fsp3) is 0.833. The number of hydrogen-bond acceptors (Lipinski definition) is 5. The van der Waals surface area contributed by atoms with Crippen molar-refractivity contribution in [3.63, 3.8) is 0 Å². The Balaban J connectivity index is 0. The van der Waals surface area contributed by atoms with Crippen molar-refractivity contribution in [3.8, 4) is 0 Å². The Morgan fingerprint density at radius 2 is 1.19 bits per heavy atom. The second-order valence-corrected chi connectivity index (χ2v) is 8.61. The van der Waals surface area contributed by atoms with Crippen LogP contribution in [-0.2, 0) is 14.4 Å². The molecule has 0 saturated heterocycles. The number of carbonyl (C=O) groups is 3. The molecule has 6 rings (SSSR count). The SMILES string of the molecule is CC(=O)C12CC(C(=O)Cl)(C1)C2.CC(=O)C12CC(CO)(C1)C2.CCO.[B].[H-].[Na+]. The Kier molecular flexibility index (Phi) is 8.84. The van der Waals surface area contributed by atoms with Crippen molar-refractivity contribution >= 4 is 36.8 Å². The van der Waals surface area contributed by atoms with Crippen molar-refractivity contribution in [2.24, 2.45) is 21.7 Å². The molecule has 4 bridgehead atoms. The standard InChI is InChI=1S/C8H9ClO2.C8H12O2.C2H6O.B.Na.H/c1-5(10)7-2-8(3-7,4-7)6(9)11;1-6(10)8-2-7(3-8,4-8)5-9;1-2-3;;;/h2-4H2,1H3;9H,2-5H2,1H3;3H,2H2,1H3;;;/q;;;;+1;-1. The van der Waals surface area contributed by atoms with E-state index < -0.39 is 0 Å². The van der Waals surface area contributed by atoms with Gasteiger partial charge < -0.3 is 11.6 Å². The fourth-order valence-corrected chi connectivity index (χ4v) is 5.11. The molecule has 0 spiro atoms. The van der Waals surface area contributed by atoms with Crippen molar-refractivity contribution in [2.75, 3.05) is 13.2 Å². The average molecular weight is 394 g/mol. The predicted molar refractivity (Wildman–Crippen MR) is 96.4 cm³/mol. The molecule has 0 aromatic carbocycles. The molecule has 2 N–H and O–H groups in total. The van der Waals surface area contributed by atoms with Gasteiger partial charge in [-0.3, -0.25) is 14.4 Å². The average Bonchev–Trinajstić information content (AvgIpc) is 2.21. The monoisotopic (exact) mass is 393 g/mol. The van der Waals surface area contributed by atoms with Gasteiger partial charge in [0.05, 0.1) is 0 Å².